The molecule has 0 saturated carbocycles. The normalized spacial score (nSPS) is 12.9. The SMILES string of the molecule is CCNC(c1ccc(C)s1)c1cc(C)c(C)s1. The molecule has 1 N–H and O–H groups in total. The molecule has 0 fully saturated rings. The van der Waals surface area contributed by atoms with Crippen LogP contribution in [0.5, 0.6) is 0 Å². The highest BCUT2D eigenvalue weighted by atomic mass is 32.1. The van der Waals surface area contributed by atoms with E-state index in [9.17, 15) is 0 Å². The van der Waals surface area contributed by atoms with Gasteiger partial charge < -0.3 is 5.32 Å². The summed E-state index contributed by atoms with van der Waals surface area (Å²) >= 11 is 3.80. The third-order valence-corrected chi connectivity index (χ3v) is 5.21. The van der Waals surface area contributed by atoms with Gasteiger partial charge in [-0.25, -0.2) is 0 Å². The Bertz CT molecular complexity index is 477. The van der Waals surface area contributed by atoms with Crippen molar-refractivity contribution in [1.82, 2.24) is 5.32 Å². The monoisotopic (exact) mass is 265 g/mol. The molecule has 0 aliphatic heterocycles. The maximum atomic E-state index is 3.59. The van der Waals surface area contributed by atoms with Crippen molar-refractivity contribution in [1.29, 1.82) is 0 Å². The third-order valence-electron chi connectivity index (χ3n) is 2.92. The van der Waals surface area contributed by atoms with Crippen LogP contribution >= 0.6 is 22.7 Å². The molecule has 0 aliphatic rings. The summed E-state index contributed by atoms with van der Waals surface area (Å²) in [7, 11) is 0. The second-order valence-electron chi connectivity index (χ2n) is 4.33. The smallest absolute Gasteiger partial charge is 0.0765 e. The van der Waals surface area contributed by atoms with E-state index in [1.807, 2.05) is 22.7 Å². The molecule has 0 aliphatic carbocycles. The van der Waals surface area contributed by atoms with Crippen LogP contribution in [0.4, 0.5) is 0 Å². The molecule has 0 amide bonds. The minimum absolute atomic E-state index is 0.371. The first-order valence-electron chi connectivity index (χ1n) is 5.98. The summed E-state index contributed by atoms with van der Waals surface area (Å²) < 4.78 is 0. The lowest BCUT2D eigenvalue weighted by molar-refractivity contribution is 0.648. The second-order valence-corrected chi connectivity index (χ2v) is 6.93. The Hall–Kier alpha value is -0.640. The number of hydrogen-bond donors (Lipinski definition) is 1. The van der Waals surface area contributed by atoms with E-state index in [1.54, 1.807) is 0 Å². The van der Waals surface area contributed by atoms with Crippen LogP contribution in [0, 0.1) is 20.8 Å². The predicted octanol–water partition coefficient (Wildman–Crippen LogP) is 4.43. The highest BCUT2D eigenvalue weighted by Gasteiger charge is 2.17. The van der Waals surface area contributed by atoms with Gasteiger partial charge in [-0.05, 0) is 51.1 Å². The van der Waals surface area contributed by atoms with E-state index >= 15 is 0 Å². The van der Waals surface area contributed by atoms with Crippen molar-refractivity contribution in [2.75, 3.05) is 6.54 Å². The standard InChI is InChI=1S/C14H19NS2/c1-5-15-14(12-7-6-10(3)16-12)13-8-9(2)11(4)17-13/h6-8,14-15H,5H2,1-4H3. The quantitative estimate of drug-likeness (QED) is 0.862. The fraction of sp³-hybridized carbons (Fsp3) is 0.429. The van der Waals surface area contributed by atoms with E-state index in [4.69, 9.17) is 0 Å². The summed E-state index contributed by atoms with van der Waals surface area (Å²) in [5, 5.41) is 3.59. The lowest BCUT2D eigenvalue weighted by atomic mass is 10.1. The summed E-state index contributed by atoms with van der Waals surface area (Å²) in [5.41, 5.74) is 1.40. The van der Waals surface area contributed by atoms with Crippen molar-refractivity contribution in [3.63, 3.8) is 0 Å². The van der Waals surface area contributed by atoms with Crippen LogP contribution in [0.3, 0.4) is 0 Å². The summed E-state index contributed by atoms with van der Waals surface area (Å²) in [5.74, 6) is 0. The van der Waals surface area contributed by atoms with Crippen molar-refractivity contribution in [3.8, 4) is 0 Å². The van der Waals surface area contributed by atoms with Gasteiger partial charge in [-0.1, -0.05) is 6.92 Å². The van der Waals surface area contributed by atoms with Gasteiger partial charge >= 0.3 is 0 Å². The predicted molar refractivity (Wildman–Crippen MR) is 78.4 cm³/mol. The Morgan fingerprint density at radius 3 is 2.35 bits per heavy atom. The van der Waals surface area contributed by atoms with E-state index in [2.05, 4.69) is 51.2 Å². The lowest BCUT2D eigenvalue weighted by Gasteiger charge is -2.14. The number of thiophene rings is 2. The first-order chi connectivity index (χ1) is 8.11. The molecule has 2 heterocycles. The molecule has 0 spiro atoms. The van der Waals surface area contributed by atoms with E-state index < -0.39 is 0 Å². The van der Waals surface area contributed by atoms with Crippen LogP contribution in [0.25, 0.3) is 0 Å². The molecule has 2 rings (SSSR count). The Kier molecular flexibility index (Phi) is 4.02. The Morgan fingerprint density at radius 2 is 1.88 bits per heavy atom. The van der Waals surface area contributed by atoms with Gasteiger partial charge in [0.15, 0.2) is 0 Å². The van der Waals surface area contributed by atoms with Crippen LogP contribution in [-0.4, -0.2) is 6.54 Å². The van der Waals surface area contributed by atoms with Gasteiger partial charge in [-0.3, -0.25) is 0 Å². The summed E-state index contributed by atoms with van der Waals surface area (Å²) in [6.07, 6.45) is 0. The molecular weight excluding hydrogens is 246 g/mol. The van der Waals surface area contributed by atoms with Crippen molar-refractivity contribution in [2.45, 2.75) is 33.7 Å². The summed E-state index contributed by atoms with van der Waals surface area (Å²) in [6, 6.07) is 7.15. The zero-order chi connectivity index (χ0) is 12.4. The van der Waals surface area contributed by atoms with Gasteiger partial charge in [-0.2, -0.15) is 0 Å². The molecule has 1 unspecified atom stereocenters. The molecule has 1 nitrogen and oxygen atoms in total. The van der Waals surface area contributed by atoms with Crippen molar-refractivity contribution < 1.29 is 0 Å². The highest BCUT2D eigenvalue weighted by Crippen LogP contribution is 2.33. The van der Waals surface area contributed by atoms with Gasteiger partial charge in [0, 0.05) is 19.5 Å². The molecule has 2 aromatic rings. The van der Waals surface area contributed by atoms with E-state index in [1.165, 1.54) is 25.1 Å². The van der Waals surface area contributed by atoms with E-state index in [0.717, 1.165) is 6.54 Å². The highest BCUT2D eigenvalue weighted by molar-refractivity contribution is 7.13. The van der Waals surface area contributed by atoms with Crippen molar-refractivity contribution in [2.24, 2.45) is 0 Å². The minimum Gasteiger partial charge on any atom is -0.305 e. The Balaban J connectivity index is 2.34. The molecule has 0 bridgehead atoms. The maximum Gasteiger partial charge on any atom is 0.0765 e. The zero-order valence-corrected chi connectivity index (χ0v) is 12.5. The fourth-order valence-electron chi connectivity index (χ4n) is 1.90. The molecule has 3 heteroatoms. The molecule has 17 heavy (non-hydrogen) atoms. The van der Waals surface area contributed by atoms with Gasteiger partial charge in [0.25, 0.3) is 0 Å². The van der Waals surface area contributed by atoms with Crippen molar-refractivity contribution in [3.05, 3.63) is 43.3 Å². The first-order valence-corrected chi connectivity index (χ1v) is 7.61. The molecule has 2 aromatic heterocycles. The minimum atomic E-state index is 0.371. The summed E-state index contributed by atoms with van der Waals surface area (Å²) in [4.78, 5) is 5.67. The van der Waals surface area contributed by atoms with Gasteiger partial charge in [0.2, 0.25) is 0 Å². The largest absolute Gasteiger partial charge is 0.305 e. The third kappa shape index (κ3) is 2.79. The molecular formula is C14H19NS2. The topological polar surface area (TPSA) is 12.0 Å². The number of hydrogen-bond acceptors (Lipinski definition) is 3. The summed E-state index contributed by atoms with van der Waals surface area (Å²) in [6.45, 7) is 9.73. The van der Waals surface area contributed by atoms with Crippen LogP contribution in [0.15, 0.2) is 18.2 Å². The van der Waals surface area contributed by atoms with Gasteiger partial charge in [0.1, 0.15) is 0 Å². The fourth-order valence-corrected chi connectivity index (χ4v) is 4.08. The second kappa shape index (κ2) is 5.34. The number of aryl methyl sites for hydroxylation is 3. The van der Waals surface area contributed by atoms with E-state index in [0.29, 0.717) is 6.04 Å². The van der Waals surface area contributed by atoms with Crippen LogP contribution in [0.1, 0.15) is 38.0 Å². The zero-order valence-electron chi connectivity index (χ0n) is 10.8. The molecule has 92 valence electrons. The number of rotatable bonds is 4. The molecule has 1 atom stereocenters. The maximum absolute atomic E-state index is 3.59. The van der Waals surface area contributed by atoms with Gasteiger partial charge in [-0.15, -0.1) is 22.7 Å². The van der Waals surface area contributed by atoms with Crippen LogP contribution in [0.2, 0.25) is 0 Å². The van der Waals surface area contributed by atoms with E-state index in [-0.39, 0.29) is 0 Å². The number of nitrogens with one attached hydrogen (secondary N) is 1. The molecule has 0 aromatic carbocycles. The van der Waals surface area contributed by atoms with Crippen LogP contribution in [-0.2, 0) is 0 Å². The first kappa shape index (κ1) is 12.8. The van der Waals surface area contributed by atoms with Crippen molar-refractivity contribution >= 4 is 22.7 Å². The van der Waals surface area contributed by atoms with Gasteiger partial charge in [0.05, 0.1) is 6.04 Å². The van der Waals surface area contributed by atoms with Crippen LogP contribution < -0.4 is 5.32 Å². The Morgan fingerprint density at radius 1 is 1.12 bits per heavy atom. The molecule has 0 radical (unpaired) electrons. The lowest BCUT2D eigenvalue weighted by Crippen LogP contribution is -2.20. The average Bonchev–Trinajstić information content (AvgIpc) is 2.83. The Labute approximate surface area is 112 Å². The molecule has 0 saturated heterocycles. The average molecular weight is 265 g/mol.